The summed E-state index contributed by atoms with van der Waals surface area (Å²) in [6.07, 6.45) is 0.954. The van der Waals surface area contributed by atoms with Gasteiger partial charge in [0.2, 0.25) is 0 Å². The standard InChI is InChI=1S/C17H17ClIN3OS2.CH2O2/c18-13-6-12(21-7-9-2-1-5-24-9)17-15(22-13)14(19)16(25-17)10-3-4-23-8-11(10)20;2-1-3/h1-2,5-6,10-11H,3-4,7-8,20H2,(H,21,22);1H,(H,2,3)/t10-,11-;/m0./s1. The maximum Gasteiger partial charge on any atom is 0.290 e. The van der Waals surface area contributed by atoms with Crippen LogP contribution in [0.1, 0.15) is 22.1 Å². The Bertz CT molecular complexity index is 936. The summed E-state index contributed by atoms with van der Waals surface area (Å²) in [5.41, 5.74) is 8.32. The van der Waals surface area contributed by atoms with Crippen molar-refractivity contribution in [3.63, 3.8) is 0 Å². The molecule has 0 unspecified atom stereocenters. The van der Waals surface area contributed by atoms with Crippen LogP contribution >= 0.6 is 56.9 Å². The molecule has 28 heavy (non-hydrogen) atoms. The molecule has 2 atom stereocenters. The number of hydrogen-bond donors (Lipinski definition) is 3. The van der Waals surface area contributed by atoms with Gasteiger partial charge in [0.05, 0.1) is 26.1 Å². The lowest BCUT2D eigenvalue weighted by Crippen LogP contribution is -2.37. The zero-order valence-corrected chi connectivity index (χ0v) is 19.3. The van der Waals surface area contributed by atoms with Gasteiger partial charge < -0.3 is 20.9 Å². The van der Waals surface area contributed by atoms with E-state index in [1.54, 1.807) is 22.7 Å². The van der Waals surface area contributed by atoms with E-state index >= 15 is 0 Å². The highest BCUT2D eigenvalue weighted by Gasteiger charge is 2.29. The molecule has 0 aromatic carbocycles. The first-order valence-corrected chi connectivity index (χ1v) is 11.7. The summed E-state index contributed by atoms with van der Waals surface area (Å²) in [5.74, 6) is 0.323. The van der Waals surface area contributed by atoms with Crippen LogP contribution in [-0.2, 0) is 16.1 Å². The number of fused-ring (bicyclic) bond motifs is 1. The molecule has 1 fully saturated rings. The highest BCUT2D eigenvalue weighted by atomic mass is 127. The van der Waals surface area contributed by atoms with Gasteiger partial charge in [-0.3, -0.25) is 4.79 Å². The van der Waals surface area contributed by atoms with Crippen molar-refractivity contribution < 1.29 is 14.6 Å². The number of carbonyl (C=O) groups is 1. The smallest absolute Gasteiger partial charge is 0.290 e. The number of thiophene rings is 2. The Hall–Kier alpha value is -0.980. The van der Waals surface area contributed by atoms with Crippen LogP contribution in [-0.4, -0.2) is 35.8 Å². The minimum absolute atomic E-state index is 0.0355. The highest BCUT2D eigenvalue weighted by Crippen LogP contribution is 2.43. The van der Waals surface area contributed by atoms with E-state index in [0.29, 0.717) is 17.7 Å². The van der Waals surface area contributed by atoms with Crippen LogP contribution in [0, 0.1) is 3.57 Å². The fraction of sp³-hybridized carbons (Fsp3) is 0.333. The van der Waals surface area contributed by atoms with Crippen LogP contribution < -0.4 is 11.1 Å². The minimum atomic E-state index is -0.250. The third-order valence-electron chi connectivity index (χ3n) is 4.35. The first-order valence-electron chi connectivity index (χ1n) is 8.51. The highest BCUT2D eigenvalue weighted by molar-refractivity contribution is 14.1. The van der Waals surface area contributed by atoms with Gasteiger partial charge in [0.1, 0.15) is 5.15 Å². The Labute approximate surface area is 189 Å². The van der Waals surface area contributed by atoms with E-state index in [1.807, 2.05) is 6.07 Å². The summed E-state index contributed by atoms with van der Waals surface area (Å²) in [6, 6.07) is 6.14. The number of carboxylic acid groups (broad SMARTS) is 1. The molecular weight excluding hydrogens is 533 g/mol. The molecule has 0 bridgehead atoms. The van der Waals surface area contributed by atoms with Gasteiger partial charge >= 0.3 is 0 Å². The van der Waals surface area contributed by atoms with Crippen LogP contribution in [0.2, 0.25) is 5.15 Å². The average Bonchev–Trinajstić information content (AvgIpc) is 3.30. The normalized spacial score (nSPS) is 19.1. The number of ether oxygens (including phenoxy) is 1. The molecule has 3 aromatic rings. The summed E-state index contributed by atoms with van der Waals surface area (Å²) in [5, 5.41) is 13.0. The number of nitrogens with zero attached hydrogens (tertiary/aromatic N) is 1. The van der Waals surface area contributed by atoms with Crippen molar-refractivity contribution >= 4 is 79.2 Å². The second kappa shape index (κ2) is 10.2. The third-order valence-corrected chi connectivity index (χ3v) is 8.22. The Morgan fingerprint density at radius 2 is 2.32 bits per heavy atom. The maximum atomic E-state index is 8.36. The largest absolute Gasteiger partial charge is 0.483 e. The lowest BCUT2D eigenvalue weighted by molar-refractivity contribution is -0.122. The SMILES string of the molecule is N[C@H]1COCC[C@@H]1c1sc2c(NCc3cccs3)cc(Cl)nc2c1I.O=CO. The molecule has 4 N–H and O–H groups in total. The van der Waals surface area contributed by atoms with Gasteiger partial charge in [-0.2, -0.15) is 0 Å². The van der Waals surface area contributed by atoms with Crippen LogP contribution in [0.4, 0.5) is 5.69 Å². The van der Waals surface area contributed by atoms with E-state index in [-0.39, 0.29) is 12.5 Å². The zero-order chi connectivity index (χ0) is 20.1. The van der Waals surface area contributed by atoms with E-state index in [0.717, 1.165) is 35.5 Å². The summed E-state index contributed by atoms with van der Waals surface area (Å²) in [4.78, 5) is 15.5. The molecule has 1 aliphatic heterocycles. The number of hydrogen-bond acceptors (Lipinski definition) is 7. The van der Waals surface area contributed by atoms with Gasteiger partial charge in [-0.1, -0.05) is 17.7 Å². The van der Waals surface area contributed by atoms with Crippen LogP contribution in [0.25, 0.3) is 10.2 Å². The molecule has 0 amide bonds. The first-order chi connectivity index (χ1) is 13.5. The third kappa shape index (κ3) is 4.95. The summed E-state index contributed by atoms with van der Waals surface area (Å²) >= 11 is 12.2. The number of aromatic nitrogens is 1. The summed E-state index contributed by atoms with van der Waals surface area (Å²) in [6.45, 7) is 1.92. The van der Waals surface area contributed by atoms with Gasteiger partial charge in [-0.25, -0.2) is 4.98 Å². The van der Waals surface area contributed by atoms with Crippen molar-refractivity contribution in [3.8, 4) is 0 Å². The van der Waals surface area contributed by atoms with Crippen LogP contribution in [0.3, 0.4) is 0 Å². The number of nitrogens with one attached hydrogen (secondary N) is 1. The number of rotatable bonds is 4. The molecule has 4 heterocycles. The average molecular weight is 552 g/mol. The molecule has 0 radical (unpaired) electrons. The molecule has 4 rings (SSSR count). The van der Waals surface area contributed by atoms with Crippen molar-refractivity contribution in [2.75, 3.05) is 18.5 Å². The predicted molar refractivity (Wildman–Crippen MR) is 124 cm³/mol. The van der Waals surface area contributed by atoms with Crippen molar-refractivity contribution in [1.82, 2.24) is 4.98 Å². The molecule has 0 saturated carbocycles. The molecule has 10 heteroatoms. The molecule has 3 aromatic heterocycles. The monoisotopic (exact) mass is 551 g/mol. The van der Waals surface area contributed by atoms with Crippen molar-refractivity contribution in [2.45, 2.75) is 24.9 Å². The van der Waals surface area contributed by atoms with E-state index in [2.05, 4.69) is 50.4 Å². The van der Waals surface area contributed by atoms with Gasteiger partial charge in [0, 0.05) is 40.9 Å². The lowest BCUT2D eigenvalue weighted by Gasteiger charge is -2.28. The summed E-state index contributed by atoms with van der Waals surface area (Å²) < 4.78 is 7.82. The fourth-order valence-corrected chi connectivity index (χ4v) is 6.55. The van der Waals surface area contributed by atoms with Crippen LogP contribution in [0.15, 0.2) is 23.6 Å². The molecule has 1 aliphatic rings. The van der Waals surface area contributed by atoms with E-state index in [9.17, 15) is 0 Å². The Morgan fingerprint density at radius 3 is 3.00 bits per heavy atom. The van der Waals surface area contributed by atoms with E-state index < -0.39 is 0 Å². The number of nitrogens with two attached hydrogens (primary N) is 1. The number of pyridine rings is 1. The van der Waals surface area contributed by atoms with Crippen molar-refractivity contribution in [3.05, 3.63) is 42.1 Å². The molecular formula is C18H19ClIN3O3S2. The van der Waals surface area contributed by atoms with Crippen molar-refractivity contribution in [2.24, 2.45) is 5.73 Å². The molecule has 6 nitrogen and oxygen atoms in total. The predicted octanol–water partition coefficient (Wildman–Crippen LogP) is 4.76. The van der Waals surface area contributed by atoms with Gasteiger partial charge in [0.15, 0.2) is 0 Å². The lowest BCUT2D eigenvalue weighted by atomic mass is 9.94. The fourth-order valence-electron chi connectivity index (χ4n) is 3.08. The van der Waals surface area contributed by atoms with Gasteiger partial charge in [-0.15, -0.1) is 22.7 Å². The second-order valence-electron chi connectivity index (χ2n) is 6.12. The maximum absolute atomic E-state index is 8.36. The minimum Gasteiger partial charge on any atom is -0.483 e. The van der Waals surface area contributed by atoms with Gasteiger partial charge in [0.25, 0.3) is 6.47 Å². The van der Waals surface area contributed by atoms with E-state index in [4.69, 9.17) is 32.0 Å². The molecule has 0 spiro atoms. The van der Waals surface area contributed by atoms with Crippen LogP contribution in [0.5, 0.6) is 0 Å². The summed E-state index contributed by atoms with van der Waals surface area (Å²) in [7, 11) is 0. The van der Waals surface area contributed by atoms with E-state index in [1.165, 1.54) is 13.3 Å². The Kier molecular flexibility index (Phi) is 7.89. The Balaban J connectivity index is 0.000000706. The first kappa shape index (κ1) is 21.7. The molecule has 1 saturated heterocycles. The van der Waals surface area contributed by atoms with Gasteiger partial charge in [-0.05, 0) is 40.5 Å². The topological polar surface area (TPSA) is 97.5 Å². The molecule has 0 aliphatic carbocycles. The van der Waals surface area contributed by atoms with Crippen molar-refractivity contribution in [1.29, 1.82) is 0 Å². The number of anilines is 1. The number of halogens is 2. The molecule has 150 valence electrons. The Morgan fingerprint density at radius 1 is 1.54 bits per heavy atom. The zero-order valence-electron chi connectivity index (χ0n) is 14.7. The second-order valence-corrected chi connectivity index (χ2v) is 9.67. The quantitative estimate of drug-likeness (QED) is 0.246.